The van der Waals surface area contributed by atoms with Crippen molar-refractivity contribution in [2.45, 2.75) is 26.3 Å². The van der Waals surface area contributed by atoms with E-state index in [1.54, 1.807) is 12.1 Å². The lowest BCUT2D eigenvalue weighted by atomic mass is 10.0. The number of hydrogen-bond donors (Lipinski definition) is 4. The first-order chi connectivity index (χ1) is 16.3. The van der Waals surface area contributed by atoms with Crippen molar-refractivity contribution < 1.29 is 24.0 Å². The van der Waals surface area contributed by atoms with Gasteiger partial charge in [0.15, 0.2) is 5.13 Å². The third-order valence-corrected chi connectivity index (χ3v) is 5.88. The molecule has 0 unspecified atom stereocenters. The number of amidine groups is 1. The summed E-state index contributed by atoms with van der Waals surface area (Å²) in [5, 5.41) is 32.5. The van der Waals surface area contributed by atoms with E-state index in [1.165, 1.54) is 23.5 Å². The Morgan fingerprint density at radius 2 is 1.97 bits per heavy atom. The van der Waals surface area contributed by atoms with Crippen molar-refractivity contribution in [1.82, 2.24) is 15.5 Å². The molecule has 176 valence electrons. The van der Waals surface area contributed by atoms with Crippen LogP contribution in [-0.4, -0.2) is 38.3 Å². The number of aliphatic carboxylic acids is 1. The molecule has 0 aliphatic rings. The van der Waals surface area contributed by atoms with Gasteiger partial charge in [-0.1, -0.05) is 47.6 Å². The maximum Gasteiger partial charge on any atom is 0.326 e. The summed E-state index contributed by atoms with van der Waals surface area (Å²) < 4.78 is 19.4. The van der Waals surface area contributed by atoms with Crippen molar-refractivity contribution in [2.75, 3.05) is 5.32 Å². The monoisotopic (exact) mass is 483 g/mol. The van der Waals surface area contributed by atoms with Crippen molar-refractivity contribution in [1.29, 1.82) is 0 Å². The fourth-order valence-electron chi connectivity index (χ4n) is 3.33. The summed E-state index contributed by atoms with van der Waals surface area (Å²) in [6.45, 7) is 3.80. The minimum atomic E-state index is -1.06. The predicted octanol–water partition coefficient (Wildman–Crippen LogP) is 5.06. The third-order valence-electron chi connectivity index (χ3n) is 4.94. The zero-order chi connectivity index (χ0) is 24.2. The average Bonchev–Trinajstić information content (AvgIpc) is 3.43. The molecule has 0 amide bonds. The van der Waals surface area contributed by atoms with Crippen LogP contribution in [0.25, 0.3) is 21.5 Å². The highest BCUT2D eigenvalue weighted by Gasteiger charge is 2.23. The van der Waals surface area contributed by atoms with Gasteiger partial charge in [0.1, 0.15) is 17.6 Å². The number of carboxylic acids is 1. The molecule has 4 aromatic rings. The first-order valence-electron chi connectivity index (χ1n) is 10.4. The lowest BCUT2D eigenvalue weighted by Gasteiger charge is -2.16. The maximum absolute atomic E-state index is 13.4. The van der Waals surface area contributed by atoms with Gasteiger partial charge in [0.05, 0.1) is 10.2 Å². The Bertz CT molecular complexity index is 1330. The van der Waals surface area contributed by atoms with Gasteiger partial charge in [-0.25, -0.2) is 14.2 Å². The number of thiazole rings is 1. The molecule has 1 atom stereocenters. The first-order valence-corrected chi connectivity index (χ1v) is 11.3. The Hall–Kier alpha value is -3.99. The van der Waals surface area contributed by atoms with E-state index in [2.05, 4.69) is 25.9 Å². The fraction of sp³-hybridized carbons (Fsp3) is 0.217. The van der Waals surface area contributed by atoms with E-state index in [-0.39, 0.29) is 23.3 Å². The van der Waals surface area contributed by atoms with Gasteiger partial charge in [-0.3, -0.25) is 0 Å². The Balaban J connectivity index is 1.46. The van der Waals surface area contributed by atoms with Crippen LogP contribution in [-0.2, 0) is 4.79 Å². The molecular formula is C23H22FN5O4S. The minimum Gasteiger partial charge on any atom is -0.480 e. The molecule has 0 saturated heterocycles. The van der Waals surface area contributed by atoms with E-state index in [0.717, 1.165) is 16.0 Å². The molecule has 0 fully saturated rings. The molecule has 34 heavy (non-hydrogen) atoms. The number of anilines is 2. The lowest BCUT2D eigenvalue weighted by molar-refractivity contribution is -0.139. The SMILES string of the molecule is CC(C)C[C@H](N/C(=N\O)c1cc(-c2ccc(Nc3nc4ccc(F)cc4s3)cc2)no1)C(=O)O. The summed E-state index contributed by atoms with van der Waals surface area (Å²) >= 11 is 1.35. The summed E-state index contributed by atoms with van der Waals surface area (Å²) in [5.74, 6) is -1.25. The van der Waals surface area contributed by atoms with Gasteiger partial charge in [-0.2, -0.15) is 0 Å². The molecule has 0 saturated carbocycles. The number of aromatic nitrogens is 2. The molecule has 2 heterocycles. The second-order valence-corrected chi connectivity index (χ2v) is 9.05. The Labute approximate surface area is 197 Å². The van der Waals surface area contributed by atoms with E-state index < -0.39 is 12.0 Å². The van der Waals surface area contributed by atoms with Crippen molar-refractivity contribution in [3.8, 4) is 11.3 Å². The van der Waals surface area contributed by atoms with Gasteiger partial charge < -0.3 is 25.5 Å². The standard InChI is InChI=1S/C23H22FN5O4S/c1-12(2)9-18(22(30)31)26-21(28-32)19-11-17(29-33-19)13-3-6-15(7-4-13)25-23-27-16-8-5-14(24)10-20(16)34-23/h3-8,10-12,18,32H,9H2,1-2H3,(H,25,27)(H,26,28)(H,30,31)/t18-/m0/s1. The molecule has 0 radical (unpaired) electrons. The van der Waals surface area contributed by atoms with Gasteiger partial charge >= 0.3 is 5.97 Å². The summed E-state index contributed by atoms with van der Waals surface area (Å²) in [7, 11) is 0. The number of nitrogens with one attached hydrogen (secondary N) is 2. The maximum atomic E-state index is 13.4. The number of rotatable bonds is 8. The molecule has 11 heteroatoms. The van der Waals surface area contributed by atoms with Crippen LogP contribution in [0.3, 0.4) is 0 Å². The number of hydrogen-bond acceptors (Lipinski definition) is 8. The minimum absolute atomic E-state index is 0.108. The van der Waals surface area contributed by atoms with Crippen LogP contribution in [0.1, 0.15) is 26.0 Å². The molecule has 9 nitrogen and oxygen atoms in total. The van der Waals surface area contributed by atoms with E-state index in [4.69, 9.17) is 4.52 Å². The second kappa shape index (κ2) is 9.87. The number of carbonyl (C=O) groups is 1. The highest BCUT2D eigenvalue weighted by Crippen LogP contribution is 2.30. The molecule has 2 aromatic carbocycles. The topological polar surface area (TPSA) is 133 Å². The van der Waals surface area contributed by atoms with Gasteiger partial charge in [-0.05, 0) is 42.7 Å². The smallest absolute Gasteiger partial charge is 0.326 e. The molecule has 0 aliphatic carbocycles. The van der Waals surface area contributed by atoms with Crippen LogP contribution in [0.5, 0.6) is 0 Å². The summed E-state index contributed by atoms with van der Waals surface area (Å²) in [4.78, 5) is 15.9. The molecule has 0 bridgehead atoms. The quantitative estimate of drug-likeness (QED) is 0.118. The molecular weight excluding hydrogens is 461 g/mol. The number of nitrogens with zero attached hydrogens (tertiary/aromatic N) is 3. The summed E-state index contributed by atoms with van der Waals surface area (Å²) in [5.41, 5.74) is 2.72. The second-order valence-electron chi connectivity index (χ2n) is 8.02. The van der Waals surface area contributed by atoms with Crippen LogP contribution in [0, 0.1) is 11.7 Å². The van der Waals surface area contributed by atoms with Crippen molar-refractivity contribution in [3.63, 3.8) is 0 Å². The van der Waals surface area contributed by atoms with Gasteiger partial charge in [0.25, 0.3) is 0 Å². The van der Waals surface area contributed by atoms with Gasteiger partial charge in [-0.15, -0.1) is 0 Å². The third kappa shape index (κ3) is 5.31. The van der Waals surface area contributed by atoms with Crippen LogP contribution in [0.15, 0.2) is 58.2 Å². The highest BCUT2D eigenvalue weighted by molar-refractivity contribution is 7.22. The Morgan fingerprint density at radius 1 is 1.21 bits per heavy atom. The van der Waals surface area contributed by atoms with E-state index in [1.807, 2.05) is 38.1 Å². The number of carboxylic acid groups (broad SMARTS) is 1. The van der Waals surface area contributed by atoms with Crippen LogP contribution < -0.4 is 10.6 Å². The zero-order valence-corrected chi connectivity index (χ0v) is 19.1. The van der Waals surface area contributed by atoms with Gasteiger partial charge in [0.2, 0.25) is 11.6 Å². The van der Waals surface area contributed by atoms with Crippen LogP contribution >= 0.6 is 11.3 Å². The summed E-state index contributed by atoms with van der Waals surface area (Å²) in [6, 6.07) is 12.4. The number of halogens is 1. The Morgan fingerprint density at radius 3 is 2.65 bits per heavy atom. The number of fused-ring (bicyclic) bond motifs is 1. The van der Waals surface area contributed by atoms with E-state index >= 15 is 0 Å². The largest absolute Gasteiger partial charge is 0.480 e. The average molecular weight is 484 g/mol. The van der Waals surface area contributed by atoms with E-state index in [0.29, 0.717) is 22.8 Å². The van der Waals surface area contributed by atoms with Crippen LogP contribution in [0.4, 0.5) is 15.2 Å². The number of benzene rings is 2. The lowest BCUT2D eigenvalue weighted by Crippen LogP contribution is -2.42. The molecule has 0 spiro atoms. The molecule has 4 rings (SSSR count). The number of oxime groups is 1. The fourth-order valence-corrected chi connectivity index (χ4v) is 4.24. The molecule has 0 aliphatic heterocycles. The van der Waals surface area contributed by atoms with Crippen LogP contribution in [0.2, 0.25) is 0 Å². The normalized spacial score (nSPS) is 12.8. The van der Waals surface area contributed by atoms with Crippen molar-refractivity contribution in [3.05, 3.63) is 60.1 Å². The van der Waals surface area contributed by atoms with Gasteiger partial charge in [0, 0.05) is 17.3 Å². The molecule has 2 aromatic heterocycles. The Kier molecular flexibility index (Phi) is 6.73. The van der Waals surface area contributed by atoms with Crippen molar-refractivity contribution >= 4 is 44.2 Å². The predicted molar refractivity (Wildman–Crippen MR) is 127 cm³/mol. The molecule has 4 N–H and O–H groups in total. The van der Waals surface area contributed by atoms with Crippen molar-refractivity contribution in [2.24, 2.45) is 11.1 Å². The van der Waals surface area contributed by atoms with E-state index in [9.17, 15) is 19.5 Å². The first kappa shape index (κ1) is 23.2. The summed E-state index contributed by atoms with van der Waals surface area (Å²) in [6.07, 6.45) is 0.341. The zero-order valence-electron chi connectivity index (χ0n) is 18.3. The highest BCUT2D eigenvalue weighted by atomic mass is 32.1.